The standard InChI is InChI=1S/C48H87NO5/c1-4-7-10-13-16-19-21-23-24-26-29-32-35-38-41-48(53)54-44(39-36-33-30-28-25-22-20-17-14-11-8-5-2)42-47(52)49-45(43-50)46(51)40-37-34-31-27-18-15-12-9-6-3/h7,10,16,19,23-24,28,30,44-46,50-51H,4-6,8-9,11-15,17-18,20-22,25-27,29,31-43H2,1-3H3,(H,49,52)/b10-7+,19-16+,24-23+,30-28-. The highest BCUT2D eigenvalue weighted by atomic mass is 16.5. The van der Waals surface area contributed by atoms with Gasteiger partial charge in [0, 0.05) is 6.42 Å². The number of ether oxygens (including phenoxy) is 1. The fraction of sp³-hybridized carbons (Fsp3) is 0.792. The minimum absolute atomic E-state index is 0.0473. The van der Waals surface area contributed by atoms with E-state index in [0.717, 1.165) is 89.9 Å². The highest BCUT2D eigenvalue weighted by Crippen LogP contribution is 2.16. The second-order valence-electron chi connectivity index (χ2n) is 15.4. The molecule has 0 spiro atoms. The van der Waals surface area contributed by atoms with Gasteiger partial charge in [0.1, 0.15) is 6.10 Å². The molecule has 6 nitrogen and oxygen atoms in total. The highest BCUT2D eigenvalue weighted by molar-refractivity contribution is 5.77. The van der Waals surface area contributed by atoms with Gasteiger partial charge in [-0.1, -0.05) is 179 Å². The Morgan fingerprint density at radius 1 is 0.556 bits per heavy atom. The molecular weight excluding hydrogens is 671 g/mol. The first-order valence-electron chi connectivity index (χ1n) is 22.9. The summed E-state index contributed by atoms with van der Waals surface area (Å²) < 4.78 is 5.87. The Kier molecular flexibility index (Phi) is 40.3. The van der Waals surface area contributed by atoms with Crippen molar-refractivity contribution >= 4 is 11.9 Å². The van der Waals surface area contributed by atoms with Crippen LogP contribution >= 0.6 is 0 Å². The maximum Gasteiger partial charge on any atom is 0.306 e. The zero-order valence-electron chi connectivity index (χ0n) is 35.6. The van der Waals surface area contributed by atoms with Gasteiger partial charge in [-0.3, -0.25) is 9.59 Å². The molecule has 0 saturated heterocycles. The molecule has 0 radical (unpaired) electrons. The van der Waals surface area contributed by atoms with Crippen molar-refractivity contribution in [3.05, 3.63) is 48.6 Å². The van der Waals surface area contributed by atoms with E-state index < -0.39 is 18.2 Å². The number of amides is 1. The van der Waals surface area contributed by atoms with E-state index in [0.29, 0.717) is 19.3 Å². The molecule has 0 aromatic carbocycles. The molecule has 314 valence electrons. The summed E-state index contributed by atoms with van der Waals surface area (Å²) in [6, 6.07) is -0.711. The van der Waals surface area contributed by atoms with Gasteiger partial charge in [0.25, 0.3) is 0 Å². The van der Waals surface area contributed by atoms with Crippen LogP contribution in [0.25, 0.3) is 0 Å². The molecule has 3 N–H and O–H groups in total. The summed E-state index contributed by atoms with van der Waals surface area (Å²) in [6.45, 7) is 6.32. The van der Waals surface area contributed by atoms with Crippen molar-refractivity contribution in [1.29, 1.82) is 0 Å². The number of rotatable bonds is 40. The van der Waals surface area contributed by atoms with Crippen LogP contribution in [0.5, 0.6) is 0 Å². The topological polar surface area (TPSA) is 95.9 Å². The molecule has 0 fully saturated rings. The van der Waals surface area contributed by atoms with E-state index >= 15 is 0 Å². The molecule has 3 unspecified atom stereocenters. The normalized spacial score (nSPS) is 13.8. The number of esters is 1. The molecule has 0 aliphatic rings. The van der Waals surface area contributed by atoms with E-state index in [4.69, 9.17) is 4.74 Å². The van der Waals surface area contributed by atoms with Gasteiger partial charge in [-0.15, -0.1) is 0 Å². The van der Waals surface area contributed by atoms with Gasteiger partial charge in [0.15, 0.2) is 0 Å². The lowest BCUT2D eigenvalue weighted by molar-refractivity contribution is -0.151. The van der Waals surface area contributed by atoms with Gasteiger partial charge in [0.2, 0.25) is 5.91 Å². The number of nitrogens with one attached hydrogen (secondary N) is 1. The lowest BCUT2D eigenvalue weighted by Gasteiger charge is -2.24. The van der Waals surface area contributed by atoms with Crippen molar-refractivity contribution in [2.75, 3.05) is 6.61 Å². The second kappa shape index (κ2) is 42.0. The minimum atomic E-state index is -0.795. The molecule has 0 aromatic rings. The molecule has 0 aromatic heterocycles. The van der Waals surface area contributed by atoms with Crippen LogP contribution < -0.4 is 5.32 Å². The Hall–Kier alpha value is -2.18. The van der Waals surface area contributed by atoms with E-state index in [1.807, 2.05) is 0 Å². The van der Waals surface area contributed by atoms with E-state index in [9.17, 15) is 19.8 Å². The molecule has 0 bridgehead atoms. The number of carbonyl (C=O) groups is 2. The van der Waals surface area contributed by atoms with Gasteiger partial charge in [-0.25, -0.2) is 0 Å². The van der Waals surface area contributed by atoms with Crippen LogP contribution in [-0.2, 0) is 14.3 Å². The number of aliphatic hydroxyl groups is 2. The number of aliphatic hydroxyl groups excluding tert-OH is 2. The third-order valence-corrected chi connectivity index (χ3v) is 10.1. The molecule has 0 heterocycles. The summed E-state index contributed by atoms with van der Waals surface area (Å²) >= 11 is 0. The number of carbonyl (C=O) groups excluding carboxylic acids is 2. The molecule has 0 aliphatic heterocycles. The minimum Gasteiger partial charge on any atom is -0.462 e. The second-order valence-corrected chi connectivity index (χ2v) is 15.4. The van der Waals surface area contributed by atoms with Crippen LogP contribution in [-0.4, -0.2) is 46.9 Å². The van der Waals surface area contributed by atoms with Crippen molar-refractivity contribution in [2.24, 2.45) is 0 Å². The third-order valence-electron chi connectivity index (χ3n) is 10.1. The number of allylic oxidation sites excluding steroid dienone is 8. The van der Waals surface area contributed by atoms with Gasteiger partial charge in [-0.2, -0.15) is 0 Å². The molecular formula is C48H87NO5. The average Bonchev–Trinajstić information content (AvgIpc) is 3.16. The lowest BCUT2D eigenvalue weighted by atomic mass is 10.0. The molecule has 3 atom stereocenters. The molecule has 6 heteroatoms. The first kappa shape index (κ1) is 51.8. The molecule has 54 heavy (non-hydrogen) atoms. The molecule has 0 aliphatic carbocycles. The largest absolute Gasteiger partial charge is 0.462 e. The van der Waals surface area contributed by atoms with E-state index in [1.54, 1.807) is 0 Å². The molecule has 0 saturated carbocycles. The first-order chi connectivity index (χ1) is 26.5. The van der Waals surface area contributed by atoms with Crippen molar-refractivity contribution in [1.82, 2.24) is 5.32 Å². The Balaban J connectivity index is 4.67. The first-order valence-corrected chi connectivity index (χ1v) is 22.9. The number of hydrogen-bond acceptors (Lipinski definition) is 5. The Bertz CT molecular complexity index is 941. The van der Waals surface area contributed by atoms with Crippen LogP contribution in [0.1, 0.15) is 220 Å². The number of hydrogen-bond donors (Lipinski definition) is 3. The summed E-state index contributed by atoms with van der Waals surface area (Å²) in [5, 5.41) is 23.6. The Labute approximate surface area is 334 Å². The zero-order chi connectivity index (χ0) is 39.6. The summed E-state index contributed by atoms with van der Waals surface area (Å²) in [4.78, 5) is 25.9. The molecule has 0 rings (SSSR count). The maximum atomic E-state index is 13.1. The quantitative estimate of drug-likeness (QED) is 0.0329. The van der Waals surface area contributed by atoms with Gasteiger partial charge < -0.3 is 20.3 Å². The maximum absolute atomic E-state index is 13.1. The zero-order valence-corrected chi connectivity index (χ0v) is 35.6. The lowest BCUT2D eigenvalue weighted by Crippen LogP contribution is -2.46. The van der Waals surface area contributed by atoms with Crippen molar-refractivity contribution in [3.8, 4) is 0 Å². The van der Waals surface area contributed by atoms with E-state index in [1.165, 1.54) is 83.5 Å². The van der Waals surface area contributed by atoms with Gasteiger partial charge in [0.05, 0.1) is 25.2 Å². The van der Waals surface area contributed by atoms with Crippen LogP contribution in [0.15, 0.2) is 48.6 Å². The number of unbranched alkanes of at least 4 members (excludes halogenated alkanes) is 20. The highest BCUT2D eigenvalue weighted by Gasteiger charge is 2.24. The Morgan fingerprint density at radius 3 is 1.57 bits per heavy atom. The fourth-order valence-electron chi connectivity index (χ4n) is 6.68. The summed E-state index contributed by atoms with van der Waals surface area (Å²) in [5.41, 5.74) is 0. The van der Waals surface area contributed by atoms with Crippen LogP contribution in [0.2, 0.25) is 0 Å². The van der Waals surface area contributed by atoms with Crippen LogP contribution in [0, 0.1) is 0 Å². The smallest absolute Gasteiger partial charge is 0.306 e. The molecule has 1 amide bonds. The van der Waals surface area contributed by atoms with Gasteiger partial charge in [-0.05, 0) is 77.0 Å². The fourth-order valence-corrected chi connectivity index (χ4v) is 6.68. The van der Waals surface area contributed by atoms with Gasteiger partial charge >= 0.3 is 5.97 Å². The van der Waals surface area contributed by atoms with Crippen LogP contribution in [0.3, 0.4) is 0 Å². The SMILES string of the molecule is CC/C=C/C/C=C/C/C=C/CCCCCCC(=O)OC(CCC/C=C\CCCCCCCCC)CC(=O)NC(CO)C(O)CCCCCCCCCCC. The van der Waals surface area contributed by atoms with Crippen molar-refractivity contribution in [2.45, 2.75) is 238 Å². The summed E-state index contributed by atoms with van der Waals surface area (Å²) in [6.07, 6.45) is 48.9. The van der Waals surface area contributed by atoms with Crippen LogP contribution in [0.4, 0.5) is 0 Å². The summed E-state index contributed by atoms with van der Waals surface area (Å²) in [5.74, 6) is -0.531. The average molecular weight is 758 g/mol. The summed E-state index contributed by atoms with van der Waals surface area (Å²) in [7, 11) is 0. The Morgan fingerprint density at radius 2 is 1.02 bits per heavy atom. The van der Waals surface area contributed by atoms with E-state index in [-0.39, 0.29) is 24.9 Å². The monoisotopic (exact) mass is 758 g/mol. The third kappa shape index (κ3) is 36.8. The van der Waals surface area contributed by atoms with E-state index in [2.05, 4.69) is 74.7 Å². The predicted molar refractivity (Wildman–Crippen MR) is 232 cm³/mol. The predicted octanol–water partition coefficient (Wildman–Crippen LogP) is 13.1. The van der Waals surface area contributed by atoms with Crippen molar-refractivity contribution < 1.29 is 24.5 Å². The van der Waals surface area contributed by atoms with Crippen molar-refractivity contribution in [3.63, 3.8) is 0 Å².